The molecule has 1 heterocycles. The first kappa shape index (κ1) is 21.5. The van der Waals surface area contributed by atoms with Crippen LogP contribution in [-0.4, -0.2) is 22.3 Å². The van der Waals surface area contributed by atoms with Crippen LogP contribution in [0.3, 0.4) is 0 Å². The maximum Gasteiger partial charge on any atom is 0.416 e. The molecule has 0 saturated heterocycles. The SMILES string of the molecule is CCC(Oc1cc(C(F)(F)F)ccc1-c1cc(=O)c2c(O)ccc(Cl)c2o1)C(=O)O. The summed E-state index contributed by atoms with van der Waals surface area (Å²) < 4.78 is 50.4. The van der Waals surface area contributed by atoms with Crippen molar-refractivity contribution in [3.63, 3.8) is 0 Å². The Morgan fingerprint density at radius 1 is 1.23 bits per heavy atom. The molecule has 0 amide bonds. The summed E-state index contributed by atoms with van der Waals surface area (Å²) in [5.41, 5.74) is -2.01. The number of aliphatic carboxylic acids is 1. The number of carbonyl (C=O) groups is 1. The average molecular weight is 443 g/mol. The first-order valence-corrected chi connectivity index (χ1v) is 8.97. The number of carboxylic acid groups (broad SMARTS) is 1. The lowest BCUT2D eigenvalue weighted by Gasteiger charge is -2.18. The predicted octanol–water partition coefficient (Wildman–Crippen LogP) is 5.08. The van der Waals surface area contributed by atoms with Crippen LogP contribution >= 0.6 is 11.6 Å². The van der Waals surface area contributed by atoms with Gasteiger partial charge in [0.15, 0.2) is 17.1 Å². The van der Waals surface area contributed by atoms with E-state index in [-0.39, 0.29) is 39.5 Å². The normalized spacial score (nSPS) is 12.7. The van der Waals surface area contributed by atoms with Crippen molar-refractivity contribution >= 4 is 28.5 Å². The molecule has 1 unspecified atom stereocenters. The van der Waals surface area contributed by atoms with Crippen LogP contribution in [0.15, 0.2) is 45.6 Å². The molecule has 10 heteroatoms. The van der Waals surface area contributed by atoms with Crippen molar-refractivity contribution in [3.8, 4) is 22.8 Å². The van der Waals surface area contributed by atoms with Crippen molar-refractivity contribution in [2.24, 2.45) is 0 Å². The number of hydrogen-bond donors (Lipinski definition) is 2. The molecule has 0 saturated carbocycles. The zero-order valence-electron chi connectivity index (χ0n) is 15.3. The summed E-state index contributed by atoms with van der Waals surface area (Å²) in [6.07, 6.45) is -6.15. The van der Waals surface area contributed by atoms with Crippen LogP contribution in [0.2, 0.25) is 5.02 Å². The van der Waals surface area contributed by atoms with Crippen LogP contribution in [0.25, 0.3) is 22.3 Å². The lowest BCUT2D eigenvalue weighted by Crippen LogP contribution is -2.26. The number of fused-ring (bicyclic) bond motifs is 1. The summed E-state index contributed by atoms with van der Waals surface area (Å²) in [4.78, 5) is 23.8. The van der Waals surface area contributed by atoms with Crippen molar-refractivity contribution in [1.82, 2.24) is 0 Å². The number of alkyl halides is 3. The minimum atomic E-state index is -4.71. The second-order valence-corrected chi connectivity index (χ2v) is 6.71. The Labute approximate surface area is 172 Å². The molecular weight excluding hydrogens is 429 g/mol. The van der Waals surface area contributed by atoms with Crippen molar-refractivity contribution in [3.05, 3.63) is 57.2 Å². The van der Waals surface area contributed by atoms with Crippen molar-refractivity contribution in [2.45, 2.75) is 25.6 Å². The molecule has 0 aliphatic carbocycles. The molecule has 0 fully saturated rings. The van der Waals surface area contributed by atoms with Crippen LogP contribution in [0.5, 0.6) is 11.5 Å². The molecule has 0 spiro atoms. The first-order valence-electron chi connectivity index (χ1n) is 8.59. The fraction of sp³-hybridized carbons (Fsp3) is 0.200. The van der Waals surface area contributed by atoms with E-state index in [1.165, 1.54) is 19.1 Å². The molecule has 0 aliphatic heterocycles. The van der Waals surface area contributed by atoms with Crippen LogP contribution in [0.4, 0.5) is 13.2 Å². The van der Waals surface area contributed by atoms with Crippen molar-refractivity contribution < 1.29 is 37.3 Å². The number of carboxylic acids is 1. The number of phenolic OH excluding ortho intramolecular Hbond substituents is 1. The number of rotatable bonds is 5. The van der Waals surface area contributed by atoms with E-state index in [1.807, 2.05) is 0 Å². The Bertz CT molecular complexity index is 1190. The zero-order valence-corrected chi connectivity index (χ0v) is 16.0. The van der Waals surface area contributed by atoms with Gasteiger partial charge in [-0.2, -0.15) is 13.2 Å². The highest BCUT2D eigenvalue weighted by Gasteiger charge is 2.32. The molecule has 2 aromatic carbocycles. The minimum absolute atomic E-state index is 0.00639. The number of phenols is 1. The van der Waals surface area contributed by atoms with Gasteiger partial charge in [-0.15, -0.1) is 0 Å². The average Bonchev–Trinajstić information content (AvgIpc) is 2.67. The molecule has 3 rings (SSSR count). The van der Waals surface area contributed by atoms with Crippen LogP contribution < -0.4 is 10.2 Å². The smallest absolute Gasteiger partial charge is 0.416 e. The lowest BCUT2D eigenvalue weighted by molar-refractivity contribution is -0.145. The summed E-state index contributed by atoms with van der Waals surface area (Å²) in [6.45, 7) is 1.49. The topological polar surface area (TPSA) is 97.0 Å². The van der Waals surface area contributed by atoms with Gasteiger partial charge in [0.05, 0.1) is 16.1 Å². The summed E-state index contributed by atoms with van der Waals surface area (Å²) in [5.74, 6) is -2.38. The molecule has 0 aliphatic rings. The quantitative estimate of drug-likeness (QED) is 0.572. The van der Waals surface area contributed by atoms with Crippen molar-refractivity contribution in [1.29, 1.82) is 0 Å². The molecular formula is C20H14ClF3O6. The highest BCUT2D eigenvalue weighted by Crippen LogP contribution is 2.39. The largest absolute Gasteiger partial charge is 0.507 e. The highest BCUT2D eigenvalue weighted by atomic mass is 35.5. The molecule has 0 radical (unpaired) electrons. The second kappa shape index (κ2) is 7.91. The van der Waals surface area contributed by atoms with E-state index in [9.17, 15) is 33.0 Å². The van der Waals surface area contributed by atoms with Crippen LogP contribution in [0, 0.1) is 0 Å². The number of aromatic hydroxyl groups is 1. The summed E-state index contributed by atoms with van der Waals surface area (Å²) in [7, 11) is 0. The third-order valence-corrected chi connectivity index (χ3v) is 4.60. The first-order chi connectivity index (χ1) is 14.0. The standard InChI is InChI=1S/C20H14ClF3O6/c1-2-14(19(27)28)29-15-7-9(20(22,23)24)3-4-10(15)16-8-13(26)17-12(25)6-5-11(21)18(17)30-16/h3-8,14,25H,2H2,1H3,(H,27,28). The molecule has 158 valence electrons. The molecule has 3 aromatic rings. The summed E-state index contributed by atoms with van der Waals surface area (Å²) >= 11 is 6.03. The Morgan fingerprint density at radius 3 is 2.53 bits per heavy atom. The number of benzene rings is 2. The maximum atomic E-state index is 13.2. The molecule has 6 nitrogen and oxygen atoms in total. The van der Waals surface area contributed by atoms with Crippen LogP contribution in [-0.2, 0) is 11.0 Å². The van der Waals surface area contributed by atoms with Gasteiger partial charge in [0.1, 0.15) is 22.6 Å². The van der Waals surface area contributed by atoms with Crippen LogP contribution in [0.1, 0.15) is 18.9 Å². The molecule has 1 atom stereocenters. The Morgan fingerprint density at radius 2 is 1.93 bits per heavy atom. The Balaban J connectivity index is 2.26. The zero-order chi connectivity index (χ0) is 22.2. The van der Waals surface area contributed by atoms with E-state index in [2.05, 4.69) is 0 Å². The van der Waals surface area contributed by atoms with E-state index in [1.54, 1.807) is 0 Å². The number of halogens is 4. The third kappa shape index (κ3) is 4.06. The third-order valence-electron chi connectivity index (χ3n) is 4.30. The molecule has 2 N–H and O–H groups in total. The van der Waals surface area contributed by atoms with E-state index in [4.69, 9.17) is 20.8 Å². The fourth-order valence-corrected chi connectivity index (χ4v) is 3.01. The Hall–Kier alpha value is -3.20. The van der Waals surface area contributed by atoms with E-state index >= 15 is 0 Å². The van der Waals surface area contributed by atoms with E-state index in [0.29, 0.717) is 6.07 Å². The maximum absolute atomic E-state index is 13.2. The summed E-state index contributed by atoms with van der Waals surface area (Å²) in [5, 5.41) is 18.9. The molecule has 0 bridgehead atoms. The highest BCUT2D eigenvalue weighted by molar-refractivity contribution is 6.35. The van der Waals surface area contributed by atoms with Gasteiger partial charge in [-0.1, -0.05) is 18.5 Å². The minimum Gasteiger partial charge on any atom is -0.507 e. The van der Waals surface area contributed by atoms with Gasteiger partial charge in [-0.05, 0) is 36.8 Å². The van der Waals surface area contributed by atoms with Gasteiger partial charge in [0.25, 0.3) is 0 Å². The van der Waals surface area contributed by atoms with Gasteiger partial charge in [-0.3, -0.25) is 4.79 Å². The summed E-state index contributed by atoms with van der Waals surface area (Å²) in [6, 6.07) is 5.83. The predicted molar refractivity (Wildman–Crippen MR) is 102 cm³/mol. The van der Waals surface area contributed by atoms with E-state index < -0.39 is 35.0 Å². The fourth-order valence-electron chi connectivity index (χ4n) is 2.81. The van der Waals surface area contributed by atoms with Gasteiger partial charge in [0, 0.05) is 6.07 Å². The van der Waals surface area contributed by atoms with E-state index in [0.717, 1.165) is 18.2 Å². The van der Waals surface area contributed by atoms with Gasteiger partial charge >= 0.3 is 12.1 Å². The lowest BCUT2D eigenvalue weighted by atomic mass is 10.1. The van der Waals surface area contributed by atoms with Crippen molar-refractivity contribution in [2.75, 3.05) is 0 Å². The second-order valence-electron chi connectivity index (χ2n) is 6.31. The number of ether oxygens (including phenoxy) is 1. The monoisotopic (exact) mass is 442 g/mol. The Kier molecular flexibility index (Phi) is 5.67. The van der Waals surface area contributed by atoms with Gasteiger partial charge in [0.2, 0.25) is 0 Å². The van der Waals surface area contributed by atoms with Gasteiger partial charge < -0.3 is 19.4 Å². The molecule has 1 aromatic heterocycles. The molecule has 30 heavy (non-hydrogen) atoms. The number of hydrogen-bond acceptors (Lipinski definition) is 5. The van der Waals surface area contributed by atoms with Gasteiger partial charge in [-0.25, -0.2) is 4.79 Å².